The highest BCUT2D eigenvalue weighted by Gasteiger charge is 2.11. The molecule has 0 fully saturated rings. The number of nitro groups is 1. The number of nitrogens with zero attached hydrogens (tertiary/aromatic N) is 2. The number of amides is 1. The molecule has 0 bridgehead atoms. The second-order valence-electron chi connectivity index (χ2n) is 4.04. The van der Waals surface area contributed by atoms with Crippen molar-refractivity contribution in [1.29, 1.82) is 5.26 Å². The Balaban J connectivity index is 2.37. The van der Waals surface area contributed by atoms with E-state index in [9.17, 15) is 14.9 Å². The number of nitrogens with two attached hydrogens (primary N) is 1. The summed E-state index contributed by atoms with van der Waals surface area (Å²) < 4.78 is 5.43. The number of rotatable bonds is 4. The van der Waals surface area contributed by atoms with Gasteiger partial charge in [-0.05, 0) is 12.1 Å². The van der Waals surface area contributed by atoms with Gasteiger partial charge in [0, 0.05) is 23.8 Å². The van der Waals surface area contributed by atoms with Crippen LogP contribution < -0.4 is 5.73 Å². The van der Waals surface area contributed by atoms with Crippen molar-refractivity contribution in [2.24, 2.45) is 5.73 Å². The molecule has 0 saturated carbocycles. The van der Waals surface area contributed by atoms with Crippen LogP contribution in [0.25, 0.3) is 17.4 Å². The SMILES string of the molecule is N#C/C(=C\c1ccc(-c2cccc([N+](=O)[O-])c2)o1)C(N)=O. The van der Waals surface area contributed by atoms with Crippen molar-refractivity contribution in [2.75, 3.05) is 0 Å². The molecule has 0 saturated heterocycles. The quantitative estimate of drug-likeness (QED) is 0.399. The monoisotopic (exact) mass is 283 g/mol. The predicted octanol–water partition coefficient (Wildman–Crippen LogP) is 2.25. The lowest BCUT2D eigenvalue weighted by atomic mass is 10.1. The van der Waals surface area contributed by atoms with E-state index in [-0.39, 0.29) is 17.0 Å². The van der Waals surface area contributed by atoms with Crippen molar-refractivity contribution in [3.05, 3.63) is 57.8 Å². The van der Waals surface area contributed by atoms with E-state index in [4.69, 9.17) is 15.4 Å². The lowest BCUT2D eigenvalue weighted by molar-refractivity contribution is -0.384. The summed E-state index contributed by atoms with van der Waals surface area (Å²) in [6, 6.07) is 10.7. The van der Waals surface area contributed by atoms with Crippen LogP contribution in [-0.4, -0.2) is 10.8 Å². The molecule has 0 unspecified atom stereocenters. The second-order valence-corrected chi connectivity index (χ2v) is 4.04. The van der Waals surface area contributed by atoms with Crippen LogP contribution in [0.1, 0.15) is 5.76 Å². The molecule has 0 aliphatic carbocycles. The van der Waals surface area contributed by atoms with Gasteiger partial charge in [0.1, 0.15) is 23.2 Å². The fraction of sp³-hybridized carbons (Fsp3) is 0. The second kappa shape index (κ2) is 5.71. The summed E-state index contributed by atoms with van der Waals surface area (Å²) in [6.45, 7) is 0. The summed E-state index contributed by atoms with van der Waals surface area (Å²) in [5.74, 6) is -0.218. The molecule has 2 rings (SSSR count). The number of hydrogen-bond acceptors (Lipinski definition) is 5. The first-order valence-electron chi connectivity index (χ1n) is 5.77. The van der Waals surface area contributed by atoms with Gasteiger partial charge in [-0.1, -0.05) is 12.1 Å². The lowest BCUT2D eigenvalue weighted by Crippen LogP contribution is -2.12. The van der Waals surface area contributed by atoms with Gasteiger partial charge in [-0.3, -0.25) is 14.9 Å². The number of carbonyl (C=O) groups excluding carboxylic acids is 1. The van der Waals surface area contributed by atoms with Gasteiger partial charge in [0.15, 0.2) is 0 Å². The van der Waals surface area contributed by atoms with Crippen LogP contribution in [0.2, 0.25) is 0 Å². The third-order valence-corrected chi connectivity index (χ3v) is 2.64. The summed E-state index contributed by atoms with van der Waals surface area (Å²) in [4.78, 5) is 21.2. The van der Waals surface area contributed by atoms with Gasteiger partial charge >= 0.3 is 0 Å². The number of nitriles is 1. The molecule has 1 aromatic carbocycles. The number of benzene rings is 1. The topological polar surface area (TPSA) is 123 Å². The fourth-order valence-corrected chi connectivity index (χ4v) is 1.66. The average Bonchev–Trinajstić information content (AvgIpc) is 2.93. The van der Waals surface area contributed by atoms with Gasteiger partial charge in [-0.15, -0.1) is 0 Å². The highest BCUT2D eigenvalue weighted by molar-refractivity contribution is 6.00. The van der Waals surface area contributed by atoms with Gasteiger partial charge < -0.3 is 10.2 Å². The van der Waals surface area contributed by atoms with Crippen LogP contribution in [0.5, 0.6) is 0 Å². The van der Waals surface area contributed by atoms with E-state index in [0.717, 1.165) is 0 Å². The van der Waals surface area contributed by atoms with Crippen LogP contribution in [0.4, 0.5) is 5.69 Å². The molecule has 2 N–H and O–H groups in total. The van der Waals surface area contributed by atoms with Crippen molar-refractivity contribution in [1.82, 2.24) is 0 Å². The van der Waals surface area contributed by atoms with Crippen LogP contribution in [0.15, 0.2) is 46.4 Å². The van der Waals surface area contributed by atoms with Crippen molar-refractivity contribution >= 4 is 17.7 Å². The summed E-state index contributed by atoms with van der Waals surface area (Å²) in [7, 11) is 0. The van der Waals surface area contributed by atoms with Crippen molar-refractivity contribution in [2.45, 2.75) is 0 Å². The Labute approximate surface area is 119 Å². The Kier molecular flexibility index (Phi) is 3.81. The normalized spacial score (nSPS) is 10.9. The maximum atomic E-state index is 10.9. The van der Waals surface area contributed by atoms with E-state index in [1.54, 1.807) is 18.2 Å². The van der Waals surface area contributed by atoms with Crippen molar-refractivity contribution in [3.8, 4) is 17.4 Å². The Morgan fingerprint density at radius 2 is 2.14 bits per heavy atom. The summed E-state index contributed by atoms with van der Waals surface area (Å²) in [6.07, 6.45) is 1.21. The molecule has 104 valence electrons. The molecular formula is C14H9N3O4. The van der Waals surface area contributed by atoms with Gasteiger partial charge in [0.25, 0.3) is 11.6 Å². The third-order valence-electron chi connectivity index (χ3n) is 2.64. The fourth-order valence-electron chi connectivity index (χ4n) is 1.66. The van der Waals surface area contributed by atoms with Gasteiger partial charge in [-0.2, -0.15) is 5.26 Å². The molecule has 0 aliphatic rings. The number of hydrogen-bond donors (Lipinski definition) is 1. The first-order chi connectivity index (χ1) is 10.0. The Morgan fingerprint density at radius 3 is 2.76 bits per heavy atom. The molecule has 2 aromatic rings. The number of carbonyl (C=O) groups is 1. The zero-order chi connectivity index (χ0) is 15.4. The molecule has 1 heterocycles. The van der Waals surface area contributed by atoms with Crippen LogP contribution in [0.3, 0.4) is 0 Å². The molecule has 7 nitrogen and oxygen atoms in total. The largest absolute Gasteiger partial charge is 0.457 e. The standard InChI is InChI=1S/C14H9N3O4/c15-8-10(14(16)18)7-12-4-5-13(21-12)9-2-1-3-11(6-9)17(19)20/h1-7H,(H2,16,18)/b10-7+. The molecule has 0 atom stereocenters. The number of primary amides is 1. The minimum Gasteiger partial charge on any atom is -0.457 e. The van der Waals surface area contributed by atoms with E-state index in [2.05, 4.69) is 0 Å². The Hall–Kier alpha value is -3.40. The van der Waals surface area contributed by atoms with Gasteiger partial charge in [0.05, 0.1) is 4.92 Å². The molecule has 1 amide bonds. The number of furan rings is 1. The van der Waals surface area contributed by atoms with Crippen LogP contribution in [-0.2, 0) is 4.79 Å². The first kappa shape index (κ1) is 14.0. The number of nitro benzene ring substituents is 1. The molecule has 0 spiro atoms. The highest BCUT2D eigenvalue weighted by Crippen LogP contribution is 2.26. The maximum Gasteiger partial charge on any atom is 0.270 e. The highest BCUT2D eigenvalue weighted by atomic mass is 16.6. The van der Waals surface area contributed by atoms with Gasteiger partial charge in [-0.25, -0.2) is 0 Å². The van der Waals surface area contributed by atoms with E-state index in [1.807, 2.05) is 0 Å². The smallest absolute Gasteiger partial charge is 0.270 e. The van der Waals surface area contributed by atoms with Crippen LogP contribution >= 0.6 is 0 Å². The van der Waals surface area contributed by atoms with E-state index in [1.165, 1.54) is 30.3 Å². The van der Waals surface area contributed by atoms with E-state index < -0.39 is 10.8 Å². The minimum absolute atomic E-state index is 0.0594. The first-order valence-corrected chi connectivity index (χ1v) is 5.77. The molecule has 1 aromatic heterocycles. The summed E-state index contributed by atoms with van der Waals surface area (Å²) in [5, 5.41) is 19.5. The average molecular weight is 283 g/mol. The van der Waals surface area contributed by atoms with E-state index in [0.29, 0.717) is 11.3 Å². The minimum atomic E-state index is -0.856. The predicted molar refractivity (Wildman–Crippen MR) is 73.6 cm³/mol. The molecular weight excluding hydrogens is 274 g/mol. The van der Waals surface area contributed by atoms with E-state index >= 15 is 0 Å². The summed E-state index contributed by atoms with van der Waals surface area (Å²) >= 11 is 0. The Morgan fingerprint density at radius 1 is 1.38 bits per heavy atom. The van der Waals surface area contributed by atoms with Crippen LogP contribution in [0, 0.1) is 21.4 Å². The maximum absolute atomic E-state index is 10.9. The zero-order valence-corrected chi connectivity index (χ0v) is 10.6. The number of non-ortho nitro benzene ring substituents is 1. The molecule has 7 heteroatoms. The van der Waals surface area contributed by atoms with Crippen molar-refractivity contribution in [3.63, 3.8) is 0 Å². The zero-order valence-electron chi connectivity index (χ0n) is 10.6. The van der Waals surface area contributed by atoms with Crippen molar-refractivity contribution < 1.29 is 14.1 Å². The summed E-state index contributed by atoms with van der Waals surface area (Å²) in [5.41, 5.74) is 5.23. The molecule has 0 aliphatic heterocycles. The lowest BCUT2D eigenvalue weighted by Gasteiger charge is -1.97. The third kappa shape index (κ3) is 3.13. The molecule has 21 heavy (non-hydrogen) atoms. The Bertz CT molecular complexity index is 784. The van der Waals surface area contributed by atoms with Gasteiger partial charge in [0.2, 0.25) is 0 Å². The molecule has 0 radical (unpaired) electrons.